The van der Waals surface area contributed by atoms with Crippen LogP contribution in [-0.2, 0) is 0 Å². The number of para-hydroxylation sites is 1. The molecular formula is C24H24N2O5. The van der Waals surface area contributed by atoms with Crippen LogP contribution in [0.25, 0.3) is 0 Å². The van der Waals surface area contributed by atoms with E-state index in [1.54, 1.807) is 21.3 Å². The molecule has 2 unspecified atom stereocenters. The number of nitrogens with zero attached hydrogens (tertiary/aromatic N) is 2. The number of benzene rings is 2. The molecule has 5 rings (SSSR count). The Labute approximate surface area is 180 Å². The second-order valence-corrected chi connectivity index (χ2v) is 7.52. The molecule has 31 heavy (non-hydrogen) atoms. The molecule has 0 saturated heterocycles. The summed E-state index contributed by atoms with van der Waals surface area (Å²) < 4.78 is 28.8. The van der Waals surface area contributed by atoms with Crippen LogP contribution in [0, 0.1) is 6.92 Å². The summed E-state index contributed by atoms with van der Waals surface area (Å²) in [5.74, 6) is 4.37. The Morgan fingerprint density at radius 1 is 0.935 bits per heavy atom. The average molecular weight is 420 g/mol. The van der Waals surface area contributed by atoms with Crippen molar-refractivity contribution in [3.8, 4) is 23.0 Å². The topological polar surface area (TPSA) is 65.7 Å². The van der Waals surface area contributed by atoms with Gasteiger partial charge in [-0.25, -0.2) is 5.01 Å². The average Bonchev–Trinajstić information content (AvgIpc) is 3.44. The number of aryl methyl sites for hydroxylation is 1. The smallest absolute Gasteiger partial charge is 0.214 e. The first-order valence-corrected chi connectivity index (χ1v) is 10.1. The highest BCUT2D eigenvalue weighted by molar-refractivity contribution is 5.99. The third-order valence-electron chi connectivity index (χ3n) is 5.72. The van der Waals surface area contributed by atoms with E-state index < -0.39 is 6.23 Å². The SMILES string of the molecule is COc1ccc(C2Oc3c(OC)cccc3C3CC(c4ccc(C)o4)=NN32)cc1OC. The number of hydrazone groups is 1. The Morgan fingerprint density at radius 2 is 1.74 bits per heavy atom. The quantitative estimate of drug-likeness (QED) is 0.588. The van der Waals surface area contributed by atoms with Crippen molar-refractivity contribution in [2.24, 2.45) is 5.10 Å². The van der Waals surface area contributed by atoms with E-state index in [0.717, 1.165) is 34.1 Å². The van der Waals surface area contributed by atoms with Crippen LogP contribution in [0.2, 0.25) is 0 Å². The van der Waals surface area contributed by atoms with Gasteiger partial charge in [0.05, 0.1) is 27.4 Å². The molecule has 7 nitrogen and oxygen atoms in total. The van der Waals surface area contributed by atoms with E-state index >= 15 is 0 Å². The number of fused-ring (bicyclic) bond motifs is 3. The van der Waals surface area contributed by atoms with Crippen molar-refractivity contribution in [3.63, 3.8) is 0 Å². The molecule has 2 aliphatic rings. The van der Waals surface area contributed by atoms with E-state index in [1.807, 2.05) is 54.4 Å². The first-order chi connectivity index (χ1) is 15.1. The number of ether oxygens (including phenoxy) is 4. The molecule has 160 valence electrons. The summed E-state index contributed by atoms with van der Waals surface area (Å²) in [5, 5.41) is 6.92. The molecule has 0 amide bonds. The summed E-state index contributed by atoms with van der Waals surface area (Å²) in [6, 6.07) is 15.6. The van der Waals surface area contributed by atoms with Gasteiger partial charge in [0.15, 0.2) is 23.0 Å². The summed E-state index contributed by atoms with van der Waals surface area (Å²) >= 11 is 0. The van der Waals surface area contributed by atoms with Crippen molar-refractivity contribution < 1.29 is 23.4 Å². The van der Waals surface area contributed by atoms with Crippen molar-refractivity contribution in [3.05, 3.63) is 71.2 Å². The van der Waals surface area contributed by atoms with Crippen LogP contribution in [0.5, 0.6) is 23.0 Å². The van der Waals surface area contributed by atoms with Crippen LogP contribution in [-0.4, -0.2) is 32.0 Å². The molecular weight excluding hydrogens is 396 g/mol. The van der Waals surface area contributed by atoms with Gasteiger partial charge in [-0.2, -0.15) is 5.10 Å². The lowest BCUT2D eigenvalue weighted by Gasteiger charge is -2.38. The molecule has 3 heterocycles. The summed E-state index contributed by atoms with van der Waals surface area (Å²) in [7, 11) is 4.89. The fraction of sp³-hybridized carbons (Fsp3) is 0.292. The number of hydrogen-bond acceptors (Lipinski definition) is 7. The summed E-state index contributed by atoms with van der Waals surface area (Å²) in [6.07, 6.45) is 0.252. The van der Waals surface area contributed by atoms with Gasteiger partial charge in [-0.05, 0) is 43.3 Å². The Morgan fingerprint density at radius 3 is 2.45 bits per heavy atom. The summed E-state index contributed by atoms with van der Waals surface area (Å²) in [5.41, 5.74) is 2.83. The highest BCUT2D eigenvalue weighted by atomic mass is 16.5. The lowest BCUT2D eigenvalue weighted by molar-refractivity contribution is -0.0210. The van der Waals surface area contributed by atoms with E-state index in [9.17, 15) is 0 Å². The predicted octanol–water partition coefficient (Wildman–Crippen LogP) is 4.86. The maximum absolute atomic E-state index is 6.48. The maximum atomic E-state index is 6.48. The Balaban J connectivity index is 1.62. The van der Waals surface area contributed by atoms with Crippen molar-refractivity contribution in [2.75, 3.05) is 21.3 Å². The third kappa shape index (κ3) is 3.17. The molecule has 0 radical (unpaired) electrons. The minimum atomic E-state index is -0.456. The van der Waals surface area contributed by atoms with E-state index in [4.69, 9.17) is 28.5 Å². The number of hydrogen-bond donors (Lipinski definition) is 0. The largest absolute Gasteiger partial charge is 0.493 e. The van der Waals surface area contributed by atoms with Crippen LogP contribution in [0.3, 0.4) is 0 Å². The molecule has 3 aromatic rings. The molecule has 7 heteroatoms. The predicted molar refractivity (Wildman–Crippen MR) is 115 cm³/mol. The number of furan rings is 1. The lowest BCUT2D eigenvalue weighted by atomic mass is 9.97. The van der Waals surface area contributed by atoms with Gasteiger partial charge in [-0.3, -0.25) is 0 Å². The summed E-state index contributed by atoms with van der Waals surface area (Å²) in [6.45, 7) is 1.93. The maximum Gasteiger partial charge on any atom is 0.214 e. The Kier molecular flexibility index (Phi) is 4.73. The zero-order valence-corrected chi connectivity index (χ0v) is 17.9. The van der Waals surface area contributed by atoms with Crippen molar-refractivity contribution >= 4 is 5.71 Å². The van der Waals surface area contributed by atoms with Crippen LogP contribution >= 0.6 is 0 Å². The van der Waals surface area contributed by atoms with Crippen LogP contribution in [0.4, 0.5) is 0 Å². The molecule has 0 saturated carbocycles. The van der Waals surface area contributed by atoms with Gasteiger partial charge in [-0.15, -0.1) is 0 Å². The van der Waals surface area contributed by atoms with E-state index in [2.05, 4.69) is 6.07 Å². The molecule has 1 aromatic heterocycles. The Hall–Kier alpha value is -3.61. The van der Waals surface area contributed by atoms with Crippen LogP contribution < -0.4 is 18.9 Å². The zero-order valence-electron chi connectivity index (χ0n) is 17.9. The number of rotatable bonds is 5. The molecule has 2 aliphatic heterocycles. The standard InChI is InChI=1S/C24H24N2O5/c1-14-8-10-19(30-14)17-13-18-16-6-5-7-21(28-3)23(16)31-24(26(18)25-17)15-9-11-20(27-2)22(12-15)29-4/h5-12,18,24H,13H2,1-4H3. The molecule has 0 aliphatic carbocycles. The molecule has 0 spiro atoms. The second kappa shape index (κ2) is 7.58. The molecule has 0 N–H and O–H groups in total. The van der Waals surface area contributed by atoms with Crippen molar-refractivity contribution in [2.45, 2.75) is 25.6 Å². The third-order valence-corrected chi connectivity index (χ3v) is 5.72. The van der Waals surface area contributed by atoms with Gasteiger partial charge >= 0.3 is 0 Å². The van der Waals surface area contributed by atoms with Gasteiger partial charge in [-0.1, -0.05) is 12.1 Å². The zero-order chi connectivity index (χ0) is 21.5. The fourth-order valence-corrected chi connectivity index (χ4v) is 4.21. The van der Waals surface area contributed by atoms with Crippen molar-refractivity contribution in [1.82, 2.24) is 5.01 Å². The van der Waals surface area contributed by atoms with E-state index in [0.29, 0.717) is 23.7 Å². The van der Waals surface area contributed by atoms with Gasteiger partial charge in [0.2, 0.25) is 6.23 Å². The van der Waals surface area contributed by atoms with E-state index in [-0.39, 0.29) is 6.04 Å². The fourth-order valence-electron chi connectivity index (χ4n) is 4.21. The summed E-state index contributed by atoms with van der Waals surface area (Å²) in [4.78, 5) is 0. The molecule has 0 fully saturated rings. The van der Waals surface area contributed by atoms with Crippen molar-refractivity contribution in [1.29, 1.82) is 0 Å². The molecule has 0 bridgehead atoms. The first-order valence-electron chi connectivity index (χ1n) is 10.1. The minimum Gasteiger partial charge on any atom is -0.493 e. The van der Waals surface area contributed by atoms with Crippen LogP contribution in [0.15, 0.2) is 58.0 Å². The number of methoxy groups -OCH3 is 3. The van der Waals surface area contributed by atoms with Gasteiger partial charge in [0.25, 0.3) is 0 Å². The minimum absolute atomic E-state index is 0.00245. The lowest BCUT2D eigenvalue weighted by Crippen LogP contribution is -2.33. The van der Waals surface area contributed by atoms with Gasteiger partial charge < -0.3 is 23.4 Å². The van der Waals surface area contributed by atoms with Crippen LogP contribution in [0.1, 0.15) is 41.3 Å². The molecule has 2 atom stereocenters. The Bertz CT molecular complexity index is 1150. The normalized spacial score (nSPS) is 19.2. The van der Waals surface area contributed by atoms with Gasteiger partial charge in [0.1, 0.15) is 17.2 Å². The van der Waals surface area contributed by atoms with Gasteiger partial charge in [0, 0.05) is 17.5 Å². The second-order valence-electron chi connectivity index (χ2n) is 7.52. The monoisotopic (exact) mass is 420 g/mol. The molecule has 2 aromatic carbocycles. The van der Waals surface area contributed by atoms with E-state index in [1.165, 1.54) is 0 Å². The highest BCUT2D eigenvalue weighted by Crippen LogP contribution is 2.51. The first kappa shape index (κ1) is 19.4. The highest BCUT2D eigenvalue weighted by Gasteiger charge is 2.42.